The molecule has 0 fully saturated rings. The van der Waals surface area contributed by atoms with E-state index in [9.17, 15) is 10.1 Å². The molecule has 0 unspecified atom stereocenters. The Bertz CT molecular complexity index is 826. The largest absolute Gasteiger partial charge is 0.269 e. The molecule has 0 spiro atoms. The van der Waals surface area contributed by atoms with Gasteiger partial charge in [-0.25, -0.2) is 4.98 Å². The normalized spacial score (nSPS) is 11.0. The Labute approximate surface area is 120 Å². The Balaban J connectivity index is 1.85. The van der Waals surface area contributed by atoms with Gasteiger partial charge in [0.15, 0.2) is 0 Å². The Morgan fingerprint density at radius 2 is 1.76 bits per heavy atom. The van der Waals surface area contributed by atoms with Crippen molar-refractivity contribution >= 4 is 28.5 Å². The second-order valence-electron chi connectivity index (χ2n) is 4.46. The molecule has 2 aromatic carbocycles. The lowest BCUT2D eigenvalue weighted by Gasteiger charge is -1.98. The second kappa shape index (κ2) is 5.50. The minimum Gasteiger partial charge on any atom is -0.258 e. The first-order valence-electron chi connectivity index (χ1n) is 6.37. The molecule has 0 saturated carbocycles. The molecule has 3 aromatic rings. The Kier molecular flexibility index (Phi) is 3.39. The molecule has 0 aliphatic carbocycles. The third-order valence-corrected chi connectivity index (χ3v) is 3.03. The molecule has 1 heterocycles. The number of non-ortho nitro benzene ring substituents is 1. The van der Waals surface area contributed by atoms with Crippen LogP contribution in [0.1, 0.15) is 5.69 Å². The summed E-state index contributed by atoms with van der Waals surface area (Å²) in [6.45, 7) is 0. The molecule has 102 valence electrons. The average Bonchev–Trinajstić information content (AvgIpc) is 2.53. The minimum absolute atomic E-state index is 0.0535. The molecule has 0 bridgehead atoms. The highest BCUT2D eigenvalue weighted by Gasteiger charge is 2.02. The van der Waals surface area contributed by atoms with E-state index in [1.54, 1.807) is 18.3 Å². The number of nitro benzene ring substituents is 1. The van der Waals surface area contributed by atoms with Gasteiger partial charge in [-0.05, 0) is 24.3 Å². The van der Waals surface area contributed by atoms with Crippen LogP contribution in [0.15, 0.2) is 65.7 Å². The summed E-state index contributed by atoms with van der Waals surface area (Å²) in [6, 6.07) is 17.8. The molecular formula is C16H11N3O2. The number of pyridine rings is 1. The van der Waals surface area contributed by atoms with Crippen LogP contribution >= 0.6 is 0 Å². The van der Waals surface area contributed by atoms with Gasteiger partial charge in [0.05, 0.1) is 28.0 Å². The van der Waals surface area contributed by atoms with Gasteiger partial charge in [-0.1, -0.05) is 24.3 Å². The third-order valence-electron chi connectivity index (χ3n) is 3.03. The van der Waals surface area contributed by atoms with Crippen molar-refractivity contribution in [3.8, 4) is 0 Å². The minimum atomic E-state index is -0.432. The van der Waals surface area contributed by atoms with Crippen LogP contribution in [-0.2, 0) is 0 Å². The van der Waals surface area contributed by atoms with E-state index in [0.717, 1.165) is 16.6 Å². The molecule has 5 nitrogen and oxygen atoms in total. The van der Waals surface area contributed by atoms with Crippen LogP contribution in [0.4, 0.5) is 11.4 Å². The fourth-order valence-electron chi connectivity index (χ4n) is 1.95. The number of hydrogen-bond donors (Lipinski definition) is 0. The van der Waals surface area contributed by atoms with Gasteiger partial charge in [-0.3, -0.25) is 15.1 Å². The van der Waals surface area contributed by atoms with Gasteiger partial charge in [0.2, 0.25) is 0 Å². The molecule has 0 atom stereocenters. The summed E-state index contributed by atoms with van der Waals surface area (Å²) in [6.07, 6.45) is 1.65. The zero-order chi connectivity index (χ0) is 14.7. The van der Waals surface area contributed by atoms with Gasteiger partial charge >= 0.3 is 0 Å². The number of nitro groups is 1. The standard InChI is InChI=1S/C16H11N3O2/c20-19(21)15-9-7-13(8-10-15)17-11-14-6-5-12-3-1-2-4-16(12)18-14/h1-11H. The van der Waals surface area contributed by atoms with Crippen molar-refractivity contribution in [2.75, 3.05) is 0 Å². The third kappa shape index (κ3) is 2.92. The maximum absolute atomic E-state index is 10.6. The van der Waals surface area contributed by atoms with Gasteiger partial charge in [-0.2, -0.15) is 0 Å². The maximum Gasteiger partial charge on any atom is 0.269 e. The number of hydrogen-bond acceptors (Lipinski definition) is 4. The van der Waals surface area contributed by atoms with Crippen molar-refractivity contribution in [3.05, 3.63) is 76.5 Å². The number of fused-ring (bicyclic) bond motifs is 1. The van der Waals surface area contributed by atoms with E-state index in [4.69, 9.17) is 0 Å². The number of benzene rings is 2. The van der Waals surface area contributed by atoms with Gasteiger partial charge < -0.3 is 0 Å². The van der Waals surface area contributed by atoms with Crippen LogP contribution in [0.5, 0.6) is 0 Å². The highest BCUT2D eigenvalue weighted by atomic mass is 16.6. The summed E-state index contributed by atoms with van der Waals surface area (Å²) in [5.74, 6) is 0. The van der Waals surface area contributed by atoms with Crippen molar-refractivity contribution in [2.24, 2.45) is 4.99 Å². The van der Waals surface area contributed by atoms with Crippen LogP contribution in [-0.4, -0.2) is 16.1 Å². The number of para-hydroxylation sites is 1. The predicted octanol–water partition coefficient (Wildman–Crippen LogP) is 3.89. The number of aromatic nitrogens is 1. The van der Waals surface area contributed by atoms with Crippen LogP contribution in [0, 0.1) is 10.1 Å². The van der Waals surface area contributed by atoms with E-state index in [0.29, 0.717) is 5.69 Å². The number of rotatable bonds is 3. The van der Waals surface area contributed by atoms with Crippen molar-refractivity contribution in [1.29, 1.82) is 0 Å². The van der Waals surface area contributed by atoms with E-state index in [2.05, 4.69) is 9.98 Å². The zero-order valence-corrected chi connectivity index (χ0v) is 11.0. The smallest absolute Gasteiger partial charge is 0.258 e. The van der Waals surface area contributed by atoms with E-state index in [1.165, 1.54) is 12.1 Å². The summed E-state index contributed by atoms with van der Waals surface area (Å²) >= 11 is 0. The van der Waals surface area contributed by atoms with Crippen LogP contribution in [0.3, 0.4) is 0 Å². The molecule has 3 rings (SSSR count). The molecule has 5 heteroatoms. The Hall–Kier alpha value is -3.08. The average molecular weight is 277 g/mol. The van der Waals surface area contributed by atoms with Gasteiger partial charge in [0.1, 0.15) is 0 Å². The van der Waals surface area contributed by atoms with E-state index < -0.39 is 4.92 Å². The molecule has 1 aromatic heterocycles. The lowest BCUT2D eigenvalue weighted by molar-refractivity contribution is -0.384. The number of nitrogens with zero attached hydrogens (tertiary/aromatic N) is 3. The summed E-state index contributed by atoms with van der Waals surface area (Å²) in [5.41, 5.74) is 2.35. The van der Waals surface area contributed by atoms with Gasteiger partial charge in [0, 0.05) is 17.5 Å². The molecule has 0 N–H and O–H groups in total. The van der Waals surface area contributed by atoms with Crippen molar-refractivity contribution in [1.82, 2.24) is 4.98 Å². The Morgan fingerprint density at radius 1 is 1.00 bits per heavy atom. The topological polar surface area (TPSA) is 68.4 Å². The summed E-state index contributed by atoms with van der Waals surface area (Å²) in [7, 11) is 0. The van der Waals surface area contributed by atoms with Crippen LogP contribution in [0.2, 0.25) is 0 Å². The molecule has 0 aliphatic rings. The fourth-order valence-corrected chi connectivity index (χ4v) is 1.95. The lowest BCUT2D eigenvalue weighted by Crippen LogP contribution is -1.88. The maximum atomic E-state index is 10.6. The summed E-state index contributed by atoms with van der Waals surface area (Å²) < 4.78 is 0. The Morgan fingerprint density at radius 3 is 2.52 bits per heavy atom. The fraction of sp³-hybridized carbons (Fsp3) is 0. The molecule has 0 amide bonds. The first-order chi connectivity index (χ1) is 10.2. The van der Waals surface area contributed by atoms with Crippen LogP contribution < -0.4 is 0 Å². The predicted molar refractivity (Wildman–Crippen MR) is 82.1 cm³/mol. The quantitative estimate of drug-likeness (QED) is 0.414. The highest BCUT2D eigenvalue weighted by Crippen LogP contribution is 2.18. The van der Waals surface area contributed by atoms with E-state index >= 15 is 0 Å². The van der Waals surface area contributed by atoms with Gasteiger partial charge in [-0.15, -0.1) is 0 Å². The van der Waals surface area contributed by atoms with Crippen LogP contribution in [0.25, 0.3) is 10.9 Å². The summed E-state index contributed by atoms with van der Waals surface area (Å²) in [5, 5.41) is 11.6. The van der Waals surface area contributed by atoms with Crippen molar-refractivity contribution in [3.63, 3.8) is 0 Å². The van der Waals surface area contributed by atoms with Gasteiger partial charge in [0.25, 0.3) is 5.69 Å². The summed E-state index contributed by atoms with van der Waals surface area (Å²) in [4.78, 5) is 18.9. The van der Waals surface area contributed by atoms with E-state index in [1.807, 2.05) is 36.4 Å². The zero-order valence-electron chi connectivity index (χ0n) is 11.0. The lowest BCUT2D eigenvalue weighted by atomic mass is 10.2. The van der Waals surface area contributed by atoms with E-state index in [-0.39, 0.29) is 5.69 Å². The molecule has 0 aliphatic heterocycles. The molecular weight excluding hydrogens is 266 g/mol. The first kappa shape index (κ1) is 12.9. The highest BCUT2D eigenvalue weighted by molar-refractivity contribution is 5.86. The first-order valence-corrected chi connectivity index (χ1v) is 6.37. The molecule has 0 saturated heterocycles. The second-order valence-corrected chi connectivity index (χ2v) is 4.46. The molecule has 0 radical (unpaired) electrons. The van der Waals surface area contributed by atoms with Crippen molar-refractivity contribution in [2.45, 2.75) is 0 Å². The SMILES string of the molecule is O=[N+]([O-])c1ccc(N=Cc2ccc3ccccc3n2)cc1. The number of aliphatic imine (C=N–C) groups is 1. The monoisotopic (exact) mass is 277 g/mol. The van der Waals surface area contributed by atoms with Crippen molar-refractivity contribution < 1.29 is 4.92 Å². The molecule has 21 heavy (non-hydrogen) atoms.